The van der Waals surface area contributed by atoms with Crippen LogP contribution in [0.2, 0.25) is 0 Å². The van der Waals surface area contributed by atoms with Crippen LogP contribution in [0.5, 0.6) is 0 Å². The summed E-state index contributed by atoms with van der Waals surface area (Å²) in [6, 6.07) is 4.22. The first-order valence-corrected chi connectivity index (χ1v) is 5.47. The molecule has 0 aromatic carbocycles. The van der Waals surface area contributed by atoms with Crippen molar-refractivity contribution in [1.29, 1.82) is 0 Å². The Labute approximate surface area is 118 Å². The van der Waals surface area contributed by atoms with Crippen LogP contribution in [0.1, 0.15) is 26.3 Å². The Bertz CT molecular complexity index is 414. The van der Waals surface area contributed by atoms with Gasteiger partial charge in [0.05, 0.1) is 0 Å². The molecule has 0 unspecified atom stereocenters. The molecule has 2 heterocycles. The van der Waals surface area contributed by atoms with E-state index in [1.807, 2.05) is 42.8 Å². The molecule has 2 rings (SSSR count). The van der Waals surface area contributed by atoms with Crippen LogP contribution >= 0.6 is 0 Å². The van der Waals surface area contributed by atoms with Crippen molar-refractivity contribution in [2.45, 2.75) is 26.2 Å². The third-order valence-electron chi connectivity index (χ3n) is 2.65. The molecule has 0 atom stereocenters. The van der Waals surface area contributed by atoms with Gasteiger partial charge >= 0.3 is 7.55 Å². The molecule has 0 bridgehead atoms. The molecule has 2 radical (unpaired) electrons. The minimum atomic E-state index is 0. The molecule has 0 saturated carbocycles. The zero-order valence-corrected chi connectivity index (χ0v) is 13.0. The minimum Gasteiger partial charge on any atom is -0.406 e. The van der Waals surface area contributed by atoms with Gasteiger partial charge in [-0.1, -0.05) is 20.8 Å². The number of aromatic nitrogens is 1. The fraction of sp³-hybridized carbons (Fsp3) is 0.417. The summed E-state index contributed by atoms with van der Waals surface area (Å²) in [5, 5.41) is 0. The standard InChI is InChI=1S/C12H17BN3.Ir/c1-12(2,3)10-5-6-14-11(9-10)16-8-7-15(4)13-16;/h5-9H,1-4H3;. The first-order chi connectivity index (χ1) is 7.47. The molecular formula is C12H17BIrN3. The average Bonchev–Trinajstić information content (AvgIpc) is 2.64. The summed E-state index contributed by atoms with van der Waals surface area (Å²) in [5.74, 6) is 0.966. The fourth-order valence-electron chi connectivity index (χ4n) is 1.61. The summed E-state index contributed by atoms with van der Waals surface area (Å²) in [6.07, 6.45) is 5.89. The van der Waals surface area contributed by atoms with E-state index in [1.165, 1.54) is 5.56 Å². The molecule has 0 saturated heterocycles. The maximum Gasteiger partial charge on any atom is 0.396 e. The van der Waals surface area contributed by atoms with Crippen LogP contribution in [0.4, 0.5) is 5.82 Å². The van der Waals surface area contributed by atoms with E-state index in [1.54, 1.807) is 0 Å². The summed E-state index contributed by atoms with van der Waals surface area (Å²) in [5.41, 5.74) is 1.46. The smallest absolute Gasteiger partial charge is 0.396 e. The van der Waals surface area contributed by atoms with Crippen LogP contribution in [0.3, 0.4) is 0 Å². The predicted molar refractivity (Wildman–Crippen MR) is 68.1 cm³/mol. The summed E-state index contributed by atoms with van der Waals surface area (Å²) >= 11 is 0. The number of anilines is 1. The Hall–Kier alpha value is -0.796. The molecule has 1 aromatic heterocycles. The second-order valence-corrected chi connectivity index (χ2v) is 5.14. The SMILES string of the molecule is CN1[B]N(c2cc(C(C)(C)C)ccn2)C=C1.[Ir]. The monoisotopic (exact) mass is 407 g/mol. The maximum atomic E-state index is 4.39. The molecule has 1 aromatic rings. The van der Waals surface area contributed by atoms with Crippen molar-refractivity contribution in [3.8, 4) is 0 Å². The second kappa shape index (κ2) is 5.24. The number of hydrogen-bond acceptors (Lipinski definition) is 3. The first-order valence-electron chi connectivity index (χ1n) is 5.47. The molecule has 5 heteroatoms. The maximum absolute atomic E-state index is 4.39. The third-order valence-corrected chi connectivity index (χ3v) is 2.65. The normalized spacial score (nSPS) is 14.6. The summed E-state index contributed by atoms with van der Waals surface area (Å²) in [7, 11) is 4.01. The van der Waals surface area contributed by atoms with Crippen molar-refractivity contribution < 1.29 is 20.1 Å². The summed E-state index contributed by atoms with van der Waals surface area (Å²) in [6.45, 7) is 6.63. The number of pyridine rings is 1. The first kappa shape index (κ1) is 14.3. The average molecular weight is 406 g/mol. The van der Waals surface area contributed by atoms with Crippen molar-refractivity contribution >= 4 is 13.4 Å². The Morgan fingerprint density at radius 3 is 2.47 bits per heavy atom. The van der Waals surface area contributed by atoms with Crippen molar-refractivity contribution in [3.63, 3.8) is 0 Å². The molecule has 0 aliphatic carbocycles. The topological polar surface area (TPSA) is 19.4 Å². The summed E-state index contributed by atoms with van der Waals surface area (Å²) in [4.78, 5) is 8.41. The van der Waals surface area contributed by atoms with Crippen LogP contribution in [0, 0.1) is 0 Å². The zero-order valence-electron chi connectivity index (χ0n) is 10.6. The number of rotatable bonds is 1. The van der Waals surface area contributed by atoms with E-state index in [-0.39, 0.29) is 25.5 Å². The quantitative estimate of drug-likeness (QED) is 0.667. The van der Waals surface area contributed by atoms with Gasteiger partial charge in [-0.2, -0.15) is 0 Å². The van der Waals surface area contributed by atoms with Gasteiger partial charge in [-0.05, 0) is 30.2 Å². The third kappa shape index (κ3) is 3.33. The van der Waals surface area contributed by atoms with Gasteiger partial charge in [0.25, 0.3) is 0 Å². The Morgan fingerprint density at radius 2 is 1.94 bits per heavy atom. The number of nitrogens with zero attached hydrogens (tertiary/aromatic N) is 3. The van der Waals surface area contributed by atoms with E-state index < -0.39 is 0 Å². The van der Waals surface area contributed by atoms with Crippen molar-refractivity contribution in [2.24, 2.45) is 0 Å². The Morgan fingerprint density at radius 1 is 1.24 bits per heavy atom. The fourth-order valence-corrected chi connectivity index (χ4v) is 1.61. The molecule has 1 aliphatic heterocycles. The molecule has 17 heavy (non-hydrogen) atoms. The number of hydrogen-bond donors (Lipinski definition) is 0. The minimum absolute atomic E-state index is 0. The van der Waals surface area contributed by atoms with Crippen LogP contribution < -0.4 is 4.81 Å². The summed E-state index contributed by atoms with van der Waals surface area (Å²) < 4.78 is 0. The van der Waals surface area contributed by atoms with Gasteiger partial charge in [0.1, 0.15) is 5.82 Å². The van der Waals surface area contributed by atoms with E-state index in [4.69, 9.17) is 0 Å². The van der Waals surface area contributed by atoms with Crippen molar-refractivity contribution in [2.75, 3.05) is 11.9 Å². The van der Waals surface area contributed by atoms with Gasteiger partial charge in [0.2, 0.25) is 0 Å². The van der Waals surface area contributed by atoms with Gasteiger partial charge in [-0.25, -0.2) is 4.98 Å². The van der Waals surface area contributed by atoms with E-state index in [0.29, 0.717) is 0 Å². The Balaban J connectivity index is 0.00000144. The largest absolute Gasteiger partial charge is 0.406 e. The van der Waals surface area contributed by atoms with Crippen LogP contribution in [0.15, 0.2) is 30.7 Å². The van der Waals surface area contributed by atoms with Crippen LogP contribution in [-0.2, 0) is 25.5 Å². The van der Waals surface area contributed by atoms with Gasteiger partial charge in [0, 0.05) is 38.7 Å². The molecule has 1 aliphatic rings. The molecule has 3 nitrogen and oxygen atoms in total. The second-order valence-electron chi connectivity index (χ2n) is 5.14. The van der Waals surface area contributed by atoms with Gasteiger partial charge in [-0.15, -0.1) is 0 Å². The molecule has 0 fully saturated rings. The van der Waals surface area contributed by atoms with Gasteiger partial charge in [-0.3, -0.25) is 0 Å². The molecular weight excluding hydrogens is 389 g/mol. The van der Waals surface area contributed by atoms with E-state index in [2.05, 4.69) is 37.9 Å². The molecule has 0 amide bonds. The molecule has 0 N–H and O–H groups in total. The van der Waals surface area contributed by atoms with Crippen LogP contribution in [0.25, 0.3) is 0 Å². The molecule has 92 valence electrons. The van der Waals surface area contributed by atoms with E-state index in [9.17, 15) is 0 Å². The van der Waals surface area contributed by atoms with Gasteiger partial charge < -0.3 is 9.62 Å². The zero-order chi connectivity index (χ0) is 11.8. The Kier molecular flexibility index (Phi) is 4.39. The predicted octanol–water partition coefficient (Wildman–Crippen LogP) is 2.13. The molecule has 0 spiro atoms. The van der Waals surface area contributed by atoms with Crippen molar-refractivity contribution in [3.05, 3.63) is 36.3 Å². The van der Waals surface area contributed by atoms with Gasteiger partial charge in [0.15, 0.2) is 0 Å². The van der Waals surface area contributed by atoms with Crippen LogP contribution in [-0.4, -0.2) is 24.4 Å². The van der Waals surface area contributed by atoms with E-state index >= 15 is 0 Å². The van der Waals surface area contributed by atoms with E-state index in [0.717, 1.165) is 5.82 Å². The van der Waals surface area contributed by atoms with Crippen molar-refractivity contribution in [1.82, 2.24) is 9.79 Å².